The van der Waals surface area contributed by atoms with Crippen molar-refractivity contribution in [3.8, 4) is 0 Å². The lowest BCUT2D eigenvalue weighted by Gasteiger charge is -2.10. The van der Waals surface area contributed by atoms with Gasteiger partial charge in [0.25, 0.3) is 5.91 Å². The molecule has 0 aliphatic heterocycles. The molecule has 8 nitrogen and oxygen atoms in total. The third-order valence-electron chi connectivity index (χ3n) is 4.90. The molecule has 34 heavy (non-hydrogen) atoms. The number of hydrogen-bond acceptors (Lipinski definition) is 5. The summed E-state index contributed by atoms with van der Waals surface area (Å²) < 4.78 is 39.4. The molecular weight excluding hydrogens is 449 g/mol. The SMILES string of the molecule is O=C(CCNC(=O)c1nc2ccccc2n1Cc1ccccc1)Nc1ccc(C(F)(F)F)nn1. The number of halogens is 3. The van der Waals surface area contributed by atoms with Gasteiger partial charge in [0, 0.05) is 19.5 Å². The predicted molar refractivity (Wildman–Crippen MR) is 118 cm³/mol. The molecule has 2 amide bonds. The van der Waals surface area contributed by atoms with Gasteiger partial charge in [0.2, 0.25) is 5.91 Å². The zero-order chi connectivity index (χ0) is 24.1. The van der Waals surface area contributed by atoms with E-state index in [1.165, 1.54) is 0 Å². The van der Waals surface area contributed by atoms with Crippen molar-refractivity contribution in [1.29, 1.82) is 0 Å². The summed E-state index contributed by atoms with van der Waals surface area (Å²) in [4.78, 5) is 29.4. The second kappa shape index (κ2) is 9.69. The van der Waals surface area contributed by atoms with Crippen LogP contribution < -0.4 is 10.6 Å². The first-order chi connectivity index (χ1) is 16.3. The molecule has 0 unspecified atom stereocenters. The van der Waals surface area contributed by atoms with Crippen LogP contribution in [0.15, 0.2) is 66.7 Å². The van der Waals surface area contributed by atoms with Crippen LogP contribution in [0, 0.1) is 0 Å². The van der Waals surface area contributed by atoms with Crippen LogP contribution in [0.3, 0.4) is 0 Å². The van der Waals surface area contributed by atoms with E-state index < -0.39 is 23.7 Å². The molecule has 0 aliphatic rings. The van der Waals surface area contributed by atoms with Crippen LogP contribution >= 0.6 is 0 Å². The Morgan fingerprint density at radius 3 is 2.35 bits per heavy atom. The van der Waals surface area contributed by atoms with Gasteiger partial charge in [-0.25, -0.2) is 4.98 Å². The molecule has 0 atom stereocenters. The molecule has 2 N–H and O–H groups in total. The number of benzene rings is 2. The highest BCUT2D eigenvalue weighted by Crippen LogP contribution is 2.27. The Balaban J connectivity index is 1.39. The molecule has 0 fully saturated rings. The van der Waals surface area contributed by atoms with E-state index in [9.17, 15) is 22.8 Å². The molecule has 0 bridgehead atoms. The number of amides is 2. The molecule has 2 aromatic heterocycles. The van der Waals surface area contributed by atoms with Gasteiger partial charge in [0.15, 0.2) is 17.3 Å². The molecule has 0 saturated heterocycles. The summed E-state index contributed by atoms with van der Waals surface area (Å²) in [5, 5.41) is 11.4. The first-order valence-corrected chi connectivity index (χ1v) is 10.3. The number of para-hydroxylation sites is 2. The highest BCUT2D eigenvalue weighted by molar-refractivity contribution is 5.95. The molecule has 11 heteroatoms. The smallest absolute Gasteiger partial charge is 0.349 e. The summed E-state index contributed by atoms with van der Waals surface area (Å²) >= 11 is 0. The topological polar surface area (TPSA) is 102 Å². The summed E-state index contributed by atoms with van der Waals surface area (Å²) in [5.41, 5.74) is 1.31. The van der Waals surface area contributed by atoms with E-state index in [1.54, 1.807) is 4.57 Å². The average molecular weight is 468 g/mol. The number of fused-ring (bicyclic) bond motifs is 1. The van der Waals surface area contributed by atoms with Crippen LogP contribution in [0.2, 0.25) is 0 Å². The highest BCUT2D eigenvalue weighted by Gasteiger charge is 2.32. The Morgan fingerprint density at radius 1 is 0.912 bits per heavy atom. The maximum atomic E-state index is 12.8. The molecule has 2 heterocycles. The van der Waals surface area contributed by atoms with Crippen molar-refractivity contribution < 1.29 is 22.8 Å². The number of aromatic nitrogens is 4. The van der Waals surface area contributed by atoms with Gasteiger partial charge in [-0.2, -0.15) is 13.2 Å². The second-order valence-electron chi connectivity index (χ2n) is 7.35. The van der Waals surface area contributed by atoms with Gasteiger partial charge in [0.05, 0.1) is 11.0 Å². The summed E-state index contributed by atoms with van der Waals surface area (Å²) in [6.07, 6.45) is -4.73. The van der Waals surface area contributed by atoms with Crippen molar-refractivity contribution >= 4 is 28.7 Å². The van der Waals surface area contributed by atoms with Crippen LogP contribution in [-0.2, 0) is 17.5 Å². The lowest BCUT2D eigenvalue weighted by Crippen LogP contribution is -2.30. The van der Waals surface area contributed by atoms with Gasteiger partial charge in [-0.05, 0) is 29.8 Å². The number of rotatable bonds is 7. The standard InChI is InChI=1S/C23H19F3N6O2/c24-23(25,26)18-10-11-19(31-30-18)29-20(33)12-13-27-22(34)21-28-16-8-4-5-9-17(16)32(21)14-15-6-2-1-3-7-15/h1-11H,12-14H2,(H,27,34)(H,29,31,33). The molecule has 4 aromatic rings. The fourth-order valence-corrected chi connectivity index (χ4v) is 3.30. The lowest BCUT2D eigenvalue weighted by molar-refractivity contribution is -0.141. The third kappa shape index (κ3) is 5.37. The molecular formula is C23H19F3N6O2. The Kier molecular flexibility index (Phi) is 6.53. The zero-order valence-corrected chi connectivity index (χ0v) is 17.7. The first kappa shape index (κ1) is 22.9. The maximum Gasteiger partial charge on any atom is 0.435 e. The average Bonchev–Trinajstić information content (AvgIpc) is 3.18. The molecule has 0 spiro atoms. The van der Waals surface area contributed by atoms with Crippen LogP contribution in [0.5, 0.6) is 0 Å². The first-order valence-electron chi connectivity index (χ1n) is 10.3. The number of nitrogens with zero attached hydrogens (tertiary/aromatic N) is 4. The summed E-state index contributed by atoms with van der Waals surface area (Å²) in [5.74, 6) is -0.894. The Hall–Kier alpha value is -4.28. The molecule has 0 radical (unpaired) electrons. The number of nitrogens with one attached hydrogen (secondary N) is 2. The van der Waals surface area contributed by atoms with Gasteiger partial charge in [-0.3, -0.25) is 9.59 Å². The third-order valence-corrected chi connectivity index (χ3v) is 4.90. The monoisotopic (exact) mass is 468 g/mol. The molecule has 0 aliphatic carbocycles. The Morgan fingerprint density at radius 2 is 1.65 bits per heavy atom. The van der Waals surface area contributed by atoms with Crippen LogP contribution in [0.4, 0.5) is 19.0 Å². The molecule has 0 saturated carbocycles. The van der Waals surface area contributed by atoms with Crippen molar-refractivity contribution in [1.82, 2.24) is 25.1 Å². The largest absolute Gasteiger partial charge is 0.435 e. The van der Waals surface area contributed by atoms with E-state index in [-0.39, 0.29) is 24.6 Å². The van der Waals surface area contributed by atoms with E-state index in [0.717, 1.165) is 23.2 Å². The molecule has 174 valence electrons. The fourth-order valence-electron chi connectivity index (χ4n) is 3.30. The fraction of sp³-hybridized carbons (Fsp3) is 0.174. The zero-order valence-electron chi connectivity index (χ0n) is 17.7. The minimum absolute atomic E-state index is 0.00667. The van der Waals surface area contributed by atoms with Crippen molar-refractivity contribution in [3.63, 3.8) is 0 Å². The van der Waals surface area contributed by atoms with Gasteiger partial charge in [0.1, 0.15) is 0 Å². The van der Waals surface area contributed by atoms with E-state index >= 15 is 0 Å². The number of alkyl halides is 3. The predicted octanol–water partition coefficient (Wildman–Crippen LogP) is 3.65. The van der Waals surface area contributed by atoms with Gasteiger partial charge < -0.3 is 15.2 Å². The number of hydrogen-bond donors (Lipinski definition) is 2. The van der Waals surface area contributed by atoms with E-state index in [1.807, 2.05) is 54.6 Å². The highest BCUT2D eigenvalue weighted by atomic mass is 19.4. The quantitative estimate of drug-likeness (QED) is 0.431. The molecule has 4 rings (SSSR count). The van der Waals surface area contributed by atoms with Crippen molar-refractivity contribution in [2.24, 2.45) is 0 Å². The van der Waals surface area contributed by atoms with E-state index in [2.05, 4.69) is 25.8 Å². The van der Waals surface area contributed by atoms with Gasteiger partial charge in [-0.1, -0.05) is 42.5 Å². The van der Waals surface area contributed by atoms with E-state index in [4.69, 9.17) is 0 Å². The van der Waals surface area contributed by atoms with Crippen LogP contribution in [0.1, 0.15) is 28.3 Å². The molecule has 2 aromatic carbocycles. The minimum atomic E-state index is -4.61. The number of imidazole rings is 1. The van der Waals surface area contributed by atoms with Gasteiger partial charge >= 0.3 is 6.18 Å². The van der Waals surface area contributed by atoms with Crippen molar-refractivity contribution in [2.45, 2.75) is 19.1 Å². The Bertz CT molecular complexity index is 1300. The lowest BCUT2D eigenvalue weighted by atomic mass is 10.2. The number of anilines is 1. The number of carbonyl (C=O) groups is 2. The Labute approximate surface area is 191 Å². The van der Waals surface area contributed by atoms with Crippen molar-refractivity contribution in [2.75, 3.05) is 11.9 Å². The second-order valence-corrected chi connectivity index (χ2v) is 7.35. The van der Waals surface area contributed by atoms with Crippen LogP contribution in [-0.4, -0.2) is 38.1 Å². The summed E-state index contributed by atoms with van der Waals surface area (Å²) in [6, 6.07) is 18.7. The summed E-state index contributed by atoms with van der Waals surface area (Å²) in [6.45, 7) is 0.435. The van der Waals surface area contributed by atoms with Gasteiger partial charge in [-0.15, -0.1) is 10.2 Å². The maximum absolute atomic E-state index is 12.8. The van der Waals surface area contributed by atoms with Crippen molar-refractivity contribution in [3.05, 3.63) is 83.8 Å². The minimum Gasteiger partial charge on any atom is -0.349 e. The summed E-state index contributed by atoms with van der Waals surface area (Å²) in [7, 11) is 0. The van der Waals surface area contributed by atoms with Crippen LogP contribution in [0.25, 0.3) is 11.0 Å². The number of carbonyl (C=O) groups excluding carboxylic acids is 2. The van der Waals surface area contributed by atoms with E-state index in [0.29, 0.717) is 12.1 Å². The normalized spacial score (nSPS) is 11.4.